The number of hydrogen-bond donors (Lipinski definition) is 1. The fraction of sp³-hybridized carbons (Fsp3) is 0.154. The highest BCUT2D eigenvalue weighted by atomic mass is 32.1. The number of nitrogens with one attached hydrogen (secondary N) is 1. The van der Waals surface area contributed by atoms with Crippen LogP contribution >= 0.6 is 12.2 Å². The molecule has 0 unspecified atom stereocenters. The normalized spacial score (nSPS) is 17.9. The quantitative estimate of drug-likeness (QED) is 0.404. The number of para-hydroxylation sites is 1. The van der Waals surface area contributed by atoms with Crippen LogP contribution in [0.5, 0.6) is 5.75 Å². The molecule has 0 radical (unpaired) electrons. The fourth-order valence-electron chi connectivity index (χ4n) is 4.26. The maximum Gasteiger partial charge on any atom is 0.174 e. The molecule has 0 bridgehead atoms. The van der Waals surface area contributed by atoms with E-state index in [1.54, 1.807) is 0 Å². The van der Waals surface area contributed by atoms with Gasteiger partial charge in [-0.3, -0.25) is 4.98 Å². The van der Waals surface area contributed by atoms with Crippen molar-refractivity contribution in [1.82, 2.24) is 14.9 Å². The zero-order valence-electron chi connectivity index (χ0n) is 17.8. The van der Waals surface area contributed by atoms with Crippen LogP contribution in [0.25, 0.3) is 5.69 Å². The first-order valence-corrected chi connectivity index (χ1v) is 11.1. The Morgan fingerprint density at radius 3 is 2.41 bits per heavy atom. The highest BCUT2D eigenvalue weighted by molar-refractivity contribution is 7.80. The molecule has 0 aliphatic carbocycles. The molecule has 5 nitrogen and oxygen atoms in total. The van der Waals surface area contributed by atoms with E-state index in [0.29, 0.717) is 11.7 Å². The standard InChI is InChI=1S/C26H24N4OS/c1-2-31-21-15-13-20(14-16-21)30-25(24(28-26(30)32)22-11-6-7-17-27-22)23-12-8-18-29(23)19-9-4-3-5-10-19/h3-18,24-25H,2H2,1H3,(H,28,32)/t24-,25+/m0/s1. The van der Waals surface area contributed by atoms with Crippen molar-refractivity contribution in [3.8, 4) is 11.4 Å². The molecule has 1 saturated heterocycles. The largest absolute Gasteiger partial charge is 0.494 e. The predicted octanol–water partition coefficient (Wildman–Crippen LogP) is 5.45. The molecule has 2 atom stereocenters. The molecule has 0 spiro atoms. The van der Waals surface area contributed by atoms with Gasteiger partial charge in [-0.25, -0.2) is 0 Å². The number of pyridine rings is 1. The van der Waals surface area contributed by atoms with Crippen molar-refractivity contribution in [2.75, 3.05) is 11.5 Å². The van der Waals surface area contributed by atoms with E-state index in [-0.39, 0.29) is 12.1 Å². The molecule has 0 amide bonds. The molecule has 160 valence electrons. The summed E-state index contributed by atoms with van der Waals surface area (Å²) in [5.74, 6) is 0.847. The van der Waals surface area contributed by atoms with E-state index in [1.807, 2.05) is 49.5 Å². The lowest BCUT2D eigenvalue weighted by atomic mass is 10.0. The maximum absolute atomic E-state index is 5.84. The van der Waals surface area contributed by atoms with Gasteiger partial charge in [0, 0.05) is 29.5 Å². The van der Waals surface area contributed by atoms with Gasteiger partial charge in [-0.1, -0.05) is 24.3 Å². The second-order valence-corrected chi connectivity index (χ2v) is 7.95. The molecule has 2 aromatic carbocycles. The van der Waals surface area contributed by atoms with Gasteiger partial charge in [-0.2, -0.15) is 0 Å². The summed E-state index contributed by atoms with van der Waals surface area (Å²) in [6, 6.07) is 28.5. The molecule has 1 aliphatic heterocycles. The molecule has 1 aliphatic rings. The van der Waals surface area contributed by atoms with Crippen LogP contribution in [0.15, 0.2) is 97.3 Å². The first kappa shape index (κ1) is 20.3. The van der Waals surface area contributed by atoms with Gasteiger partial charge in [-0.15, -0.1) is 0 Å². The van der Waals surface area contributed by atoms with E-state index in [4.69, 9.17) is 17.0 Å². The first-order valence-electron chi connectivity index (χ1n) is 10.7. The molecule has 4 aromatic rings. The van der Waals surface area contributed by atoms with E-state index in [0.717, 1.165) is 28.5 Å². The zero-order chi connectivity index (χ0) is 21.9. The third-order valence-corrected chi connectivity index (χ3v) is 5.96. The minimum Gasteiger partial charge on any atom is -0.494 e. The summed E-state index contributed by atoms with van der Waals surface area (Å²) in [6.07, 6.45) is 3.92. The van der Waals surface area contributed by atoms with Crippen molar-refractivity contribution in [2.45, 2.75) is 19.0 Å². The molecule has 2 aromatic heterocycles. The van der Waals surface area contributed by atoms with Crippen LogP contribution in [-0.2, 0) is 0 Å². The Morgan fingerprint density at radius 1 is 0.906 bits per heavy atom. The summed E-state index contributed by atoms with van der Waals surface area (Å²) in [5.41, 5.74) is 4.20. The average Bonchev–Trinajstić information content (AvgIpc) is 3.45. The van der Waals surface area contributed by atoms with Gasteiger partial charge in [0.15, 0.2) is 5.11 Å². The van der Waals surface area contributed by atoms with Crippen molar-refractivity contribution >= 4 is 23.0 Å². The number of anilines is 1. The third-order valence-electron chi connectivity index (χ3n) is 5.64. The lowest BCUT2D eigenvalue weighted by Crippen LogP contribution is -2.30. The summed E-state index contributed by atoms with van der Waals surface area (Å²) in [4.78, 5) is 6.83. The minimum absolute atomic E-state index is 0.0782. The fourth-order valence-corrected chi connectivity index (χ4v) is 4.61. The zero-order valence-corrected chi connectivity index (χ0v) is 18.6. The molecule has 6 heteroatoms. The number of benzene rings is 2. The number of nitrogens with zero attached hydrogens (tertiary/aromatic N) is 3. The SMILES string of the molecule is CCOc1ccc(N2C(=S)N[C@@H](c3ccccn3)[C@H]2c2cccn2-c2ccccc2)cc1. The van der Waals surface area contributed by atoms with Gasteiger partial charge in [0.05, 0.1) is 18.3 Å². The number of aromatic nitrogens is 2. The first-order chi connectivity index (χ1) is 15.8. The molecular formula is C26H24N4OS. The Morgan fingerprint density at radius 2 is 1.69 bits per heavy atom. The Hall–Kier alpha value is -3.64. The van der Waals surface area contributed by atoms with Crippen molar-refractivity contribution in [2.24, 2.45) is 0 Å². The molecule has 1 fully saturated rings. The van der Waals surface area contributed by atoms with E-state index >= 15 is 0 Å². The summed E-state index contributed by atoms with van der Waals surface area (Å²) in [5, 5.41) is 4.20. The van der Waals surface area contributed by atoms with Crippen LogP contribution in [0.4, 0.5) is 5.69 Å². The summed E-state index contributed by atoms with van der Waals surface area (Å²) in [7, 11) is 0. The van der Waals surface area contributed by atoms with Crippen LogP contribution in [0.2, 0.25) is 0 Å². The van der Waals surface area contributed by atoms with Crippen molar-refractivity contribution < 1.29 is 4.74 Å². The van der Waals surface area contributed by atoms with Gasteiger partial charge in [0.2, 0.25) is 0 Å². The van der Waals surface area contributed by atoms with Crippen molar-refractivity contribution in [1.29, 1.82) is 0 Å². The van der Waals surface area contributed by atoms with Gasteiger partial charge in [0.1, 0.15) is 11.8 Å². The minimum atomic E-state index is -0.0902. The highest BCUT2D eigenvalue weighted by Gasteiger charge is 2.42. The van der Waals surface area contributed by atoms with Gasteiger partial charge in [0.25, 0.3) is 0 Å². The van der Waals surface area contributed by atoms with Crippen LogP contribution in [0.1, 0.15) is 30.4 Å². The topological polar surface area (TPSA) is 42.3 Å². The lowest BCUT2D eigenvalue weighted by molar-refractivity contribution is 0.340. The van der Waals surface area contributed by atoms with Crippen molar-refractivity contribution in [3.05, 3.63) is 109 Å². The molecular weight excluding hydrogens is 416 g/mol. The average molecular weight is 441 g/mol. The third kappa shape index (κ3) is 3.74. The Balaban J connectivity index is 1.62. The van der Waals surface area contributed by atoms with Gasteiger partial charge in [-0.05, 0) is 79.8 Å². The molecule has 3 heterocycles. The summed E-state index contributed by atoms with van der Waals surface area (Å²) >= 11 is 5.84. The smallest absolute Gasteiger partial charge is 0.174 e. The van der Waals surface area contributed by atoms with Crippen molar-refractivity contribution in [3.63, 3.8) is 0 Å². The van der Waals surface area contributed by atoms with Crippen LogP contribution in [-0.4, -0.2) is 21.3 Å². The van der Waals surface area contributed by atoms with E-state index in [2.05, 4.69) is 74.5 Å². The van der Waals surface area contributed by atoms with E-state index < -0.39 is 0 Å². The number of thiocarbonyl (C=S) groups is 1. The van der Waals surface area contributed by atoms with E-state index in [1.165, 1.54) is 0 Å². The second-order valence-electron chi connectivity index (χ2n) is 7.56. The highest BCUT2D eigenvalue weighted by Crippen LogP contribution is 2.42. The molecule has 32 heavy (non-hydrogen) atoms. The Bertz CT molecular complexity index is 1190. The van der Waals surface area contributed by atoms with Gasteiger partial charge >= 0.3 is 0 Å². The lowest BCUT2D eigenvalue weighted by Gasteiger charge is -2.29. The summed E-state index contributed by atoms with van der Waals surface area (Å²) < 4.78 is 7.86. The Labute approximate surface area is 193 Å². The Kier molecular flexibility index (Phi) is 5.60. The van der Waals surface area contributed by atoms with Crippen LogP contribution in [0, 0.1) is 0 Å². The maximum atomic E-state index is 5.84. The van der Waals surface area contributed by atoms with Crippen LogP contribution in [0.3, 0.4) is 0 Å². The van der Waals surface area contributed by atoms with Crippen LogP contribution < -0.4 is 15.0 Å². The number of rotatable bonds is 6. The predicted molar refractivity (Wildman–Crippen MR) is 131 cm³/mol. The summed E-state index contributed by atoms with van der Waals surface area (Å²) in [6.45, 7) is 2.62. The molecule has 5 rings (SSSR count). The number of hydrogen-bond acceptors (Lipinski definition) is 3. The molecule has 1 N–H and O–H groups in total. The molecule has 0 saturated carbocycles. The van der Waals surface area contributed by atoms with E-state index in [9.17, 15) is 0 Å². The monoisotopic (exact) mass is 440 g/mol. The van der Waals surface area contributed by atoms with Gasteiger partial charge < -0.3 is 19.5 Å². The second kappa shape index (κ2) is 8.85. The number of ether oxygens (including phenoxy) is 1.